The molecule has 8 nitrogen and oxygen atoms in total. The van der Waals surface area contributed by atoms with Gasteiger partial charge in [0.15, 0.2) is 0 Å². The molecule has 0 bridgehead atoms. The van der Waals surface area contributed by atoms with E-state index < -0.39 is 23.0 Å². The number of rotatable bonds is 8. The number of benzene rings is 2. The van der Waals surface area contributed by atoms with Gasteiger partial charge in [0.25, 0.3) is 5.69 Å². The molecule has 0 fully saturated rings. The number of thioether (sulfide) groups is 1. The van der Waals surface area contributed by atoms with Crippen LogP contribution in [0.3, 0.4) is 0 Å². The molecule has 2 aromatic carbocycles. The van der Waals surface area contributed by atoms with Gasteiger partial charge in [-0.15, -0.1) is 0 Å². The average molecular weight is 427 g/mol. The SMILES string of the molecule is CCOC(=O)C1=C(CSCc2ccccc2)NC(=O)N[C@H]1c1cccc([N+](=O)[O-])c1. The maximum Gasteiger partial charge on any atom is 0.338 e. The summed E-state index contributed by atoms with van der Waals surface area (Å²) in [7, 11) is 0. The van der Waals surface area contributed by atoms with Crippen LogP contribution in [0.25, 0.3) is 0 Å². The van der Waals surface area contributed by atoms with Crippen LogP contribution in [-0.2, 0) is 15.3 Å². The predicted octanol–water partition coefficient (Wildman–Crippen LogP) is 3.70. The maximum absolute atomic E-state index is 12.7. The highest BCUT2D eigenvalue weighted by molar-refractivity contribution is 7.98. The standard InChI is InChI=1S/C21H21N3O5S/c1-2-29-20(25)18-17(13-30-12-14-7-4-3-5-8-14)22-21(26)23-19(18)15-9-6-10-16(11-15)24(27)28/h3-11,19H,2,12-13H2,1H3,(H2,22,23,26)/t19-/m0/s1. The Labute approximate surface area is 177 Å². The normalized spacial score (nSPS) is 15.9. The van der Waals surface area contributed by atoms with Gasteiger partial charge in [-0.2, -0.15) is 11.8 Å². The molecule has 2 amide bonds. The summed E-state index contributed by atoms with van der Waals surface area (Å²) in [6, 6.07) is 14.4. The van der Waals surface area contributed by atoms with Crippen molar-refractivity contribution in [3.8, 4) is 0 Å². The van der Waals surface area contributed by atoms with E-state index in [0.29, 0.717) is 22.8 Å². The summed E-state index contributed by atoms with van der Waals surface area (Å²) >= 11 is 1.54. The topological polar surface area (TPSA) is 111 Å². The second-order valence-electron chi connectivity index (χ2n) is 6.47. The molecule has 2 N–H and O–H groups in total. The number of nitrogens with one attached hydrogen (secondary N) is 2. The van der Waals surface area contributed by atoms with E-state index in [0.717, 1.165) is 5.56 Å². The van der Waals surface area contributed by atoms with Crippen molar-refractivity contribution in [3.63, 3.8) is 0 Å². The van der Waals surface area contributed by atoms with Crippen LogP contribution >= 0.6 is 11.8 Å². The Kier molecular flexibility index (Phi) is 7.08. The monoisotopic (exact) mass is 427 g/mol. The second kappa shape index (κ2) is 9.93. The van der Waals surface area contributed by atoms with Gasteiger partial charge >= 0.3 is 12.0 Å². The van der Waals surface area contributed by atoms with E-state index in [1.54, 1.807) is 24.8 Å². The number of esters is 1. The first kappa shape index (κ1) is 21.4. The van der Waals surface area contributed by atoms with Crippen LogP contribution in [0.15, 0.2) is 65.9 Å². The van der Waals surface area contributed by atoms with Crippen molar-refractivity contribution >= 4 is 29.4 Å². The fourth-order valence-corrected chi connectivity index (χ4v) is 4.06. The highest BCUT2D eigenvalue weighted by Crippen LogP contribution is 2.31. The van der Waals surface area contributed by atoms with Crippen LogP contribution in [0.1, 0.15) is 24.1 Å². The number of ether oxygens (including phenoxy) is 1. The van der Waals surface area contributed by atoms with Gasteiger partial charge in [0, 0.05) is 29.3 Å². The Morgan fingerprint density at radius 1 is 1.17 bits per heavy atom. The number of hydrogen-bond donors (Lipinski definition) is 2. The number of nitrogens with zero attached hydrogens (tertiary/aromatic N) is 1. The fraction of sp³-hybridized carbons (Fsp3) is 0.238. The fourth-order valence-electron chi connectivity index (χ4n) is 3.09. The van der Waals surface area contributed by atoms with Crippen molar-refractivity contribution in [2.45, 2.75) is 18.7 Å². The third-order valence-corrected chi connectivity index (χ3v) is 5.45. The van der Waals surface area contributed by atoms with E-state index in [4.69, 9.17) is 4.74 Å². The van der Waals surface area contributed by atoms with Crippen molar-refractivity contribution in [3.05, 3.63) is 87.1 Å². The van der Waals surface area contributed by atoms with Crippen molar-refractivity contribution in [1.82, 2.24) is 10.6 Å². The molecule has 1 aliphatic rings. The minimum absolute atomic E-state index is 0.122. The number of carbonyl (C=O) groups is 2. The van der Waals surface area contributed by atoms with E-state index in [1.807, 2.05) is 30.3 Å². The number of non-ortho nitro benzene ring substituents is 1. The molecule has 2 aromatic rings. The number of nitro benzene ring substituents is 1. The Balaban J connectivity index is 1.92. The van der Waals surface area contributed by atoms with E-state index in [1.165, 1.54) is 18.2 Å². The van der Waals surface area contributed by atoms with Gasteiger partial charge in [0.2, 0.25) is 0 Å². The zero-order chi connectivity index (χ0) is 21.5. The average Bonchev–Trinajstić information content (AvgIpc) is 2.74. The molecule has 1 atom stereocenters. The zero-order valence-corrected chi connectivity index (χ0v) is 17.1. The molecule has 9 heteroatoms. The quantitative estimate of drug-likeness (QED) is 0.378. The van der Waals surface area contributed by atoms with E-state index in [2.05, 4.69) is 10.6 Å². The van der Waals surface area contributed by atoms with Gasteiger partial charge in [0.1, 0.15) is 0 Å². The van der Waals surface area contributed by atoms with Gasteiger partial charge in [-0.1, -0.05) is 42.5 Å². The van der Waals surface area contributed by atoms with E-state index in [-0.39, 0.29) is 17.9 Å². The van der Waals surface area contributed by atoms with Gasteiger partial charge in [-0.25, -0.2) is 9.59 Å². The molecule has 0 unspecified atom stereocenters. The van der Waals surface area contributed by atoms with Crippen LogP contribution in [0.4, 0.5) is 10.5 Å². The van der Waals surface area contributed by atoms with Crippen LogP contribution in [0.5, 0.6) is 0 Å². The summed E-state index contributed by atoms with van der Waals surface area (Å²) in [5.74, 6) is 0.504. The van der Waals surface area contributed by atoms with Crippen LogP contribution in [0, 0.1) is 10.1 Å². The number of nitro groups is 1. The number of amides is 2. The minimum atomic E-state index is -0.843. The maximum atomic E-state index is 12.7. The molecular weight excluding hydrogens is 406 g/mol. The minimum Gasteiger partial charge on any atom is -0.463 e. The highest BCUT2D eigenvalue weighted by Gasteiger charge is 2.34. The third-order valence-electron chi connectivity index (χ3n) is 4.42. The zero-order valence-electron chi connectivity index (χ0n) is 16.3. The van der Waals surface area contributed by atoms with Crippen molar-refractivity contribution in [2.24, 2.45) is 0 Å². The lowest BCUT2D eigenvalue weighted by Gasteiger charge is -2.29. The molecule has 30 heavy (non-hydrogen) atoms. The predicted molar refractivity (Wildman–Crippen MR) is 114 cm³/mol. The summed E-state index contributed by atoms with van der Waals surface area (Å²) in [5, 5.41) is 16.5. The van der Waals surface area contributed by atoms with E-state index in [9.17, 15) is 19.7 Å². The Morgan fingerprint density at radius 3 is 2.63 bits per heavy atom. The Bertz CT molecular complexity index is 978. The second-order valence-corrected chi connectivity index (χ2v) is 7.46. The Hall–Kier alpha value is -3.33. The number of hydrogen-bond acceptors (Lipinski definition) is 6. The molecule has 0 radical (unpaired) electrons. The van der Waals surface area contributed by atoms with Gasteiger partial charge in [-0.05, 0) is 18.1 Å². The lowest BCUT2D eigenvalue weighted by Crippen LogP contribution is -2.46. The van der Waals surface area contributed by atoms with E-state index >= 15 is 0 Å². The Morgan fingerprint density at radius 2 is 1.93 bits per heavy atom. The molecule has 0 saturated carbocycles. The van der Waals surface area contributed by atoms with Gasteiger partial charge in [-0.3, -0.25) is 10.1 Å². The van der Waals surface area contributed by atoms with Crippen LogP contribution in [0.2, 0.25) is 0 Å². The van der Waals surface area contributed by atoms with Gasteiger partial charge in [0.05, 0.1) is 23.1 Å². The first-order valence-corrected chi connectivity index (χ1v) is 10.5. The molecule has 0 saturated heterocycles. The summed E-state index contributed by atoms with van der Waals surface area (Å²) < 4.78 is 5.21. The molecular formula is C21H21N3O5S. The lowest BCUT2D eigenvalue weighted by molar-refractivity contribution is -0.384. The molecule has 0 aliphatic carbocycles. The largest absolute Gasteiger partial charge is 0.463 e. The number of carbonyl (C=O) groups excluding carboxylic acids is 2. The highest BCUT2D eigenvalue weighted by atomic mass is 32.2. The van der Waals surface area contributed by atoms with Crippen molar-refractivity contribution in [2.75, 3.05) is 12.4 Å². The van der Waals surface area contributed by atoms with Crippen LogP contribution in [-0.4, -0.2) is 29.3 Å². The smallest absolute Gasteiger partial charge is 0.338 e. The summed E-state index contributed by atoms with van der Waals surface area (Å²) in [6.45, 7) is 1.86. The molecule has 0 spiro atoms. The van der Waals surface area contributed by atoms with Crippen molar-refractivity contribution in [1.29, 1.82) is 0 Å². The lowest BCUT2D eigenvalue weighted by atomic mass is 9.95. The van der Waals surface area contributed by atoms with Crippen LogP contribution < -0.4 is 10.6 Å². The molecule has 156 valence electrons. The van der Waals surface area contributed by atoms with Gasteiger partial charge < -0.3 is 15.4 Å². The molecule has 1 heterocycles. The molecule has 1 aliphatic heterocycles. The molecule has 0 aromatic heterocycles. The summed E-state index contributed by atoms with van der Waals surface area (Å²) in [5.41, 5.74) is 2.12. The first-order chi connectivity index (χ1) is 14.5. The van der Waals surface area contributed by atoms with Crippen molar-refractivity contribution < 1.29 is 19.2 Å². The molecule has 3 rings (SSSR count). The third kappa shape index (κ3) is 5.18. The summed E-state index contributed by atoms with van der Waals surface area (Å²) in [6.07, 6.45) is 0. The number of urea groups is 1. The summed E-state index contributed by atoms with van der Waals surface area (Å²) in [4.78, 5) is 35.7. The first-order valence-electron chi connectivity index (χ1n) is 9.33.